The number of anilines is 1. The van der Waals surface area contributed by atoms with Crippen LogP contribution < -0.4 is 10.6 Å². The van der Waals surface area contributed by atoms with E-state index in [0.717, 1.165) is 49.4 Å². The molecule has 0 amide bonds. The maximum atomic E-state index is 6.16. The van der Waals surface area contributed by atoms with Gasteiger partial charge in [-0.05, 0) is 12.5 Å². The second kappa shape index (κ2) is 9.10. The number of nitrogens with two attached hydrogens (primary N) is 1. The number of aryl methyl sites for hydroxylation is 1. The van der Waals surface area contributed by atoms with Gasteiger partial charge in [0.1, 0.15) is 0 Å². The van der Waals surface area contributed by atoms with E-state index in [0.29, 0.717) is 5.96 Å². The van der Waals surface area contributed by atoms with Crippen LogP contribution in [0.4, 0.5) is 5.13 Å². The molecule has 0 spiro atoms. The fourth-order valence-corrected chi connectivity index (χ4v) is 4.19. The molecule has 0 atom stereocenters. The maximum absolute atomic E-state index is 6.16. The molecule has 0 unspecified atom stereocenters. The van der Waals surface area contributed by atoms with Crippen LogP contribution in [0.15, 0.2) is 40.8 Å². The number of hydrogen-bond donors (Lipinski definition) is 1. The molecular weight excluding hydrogens is 350 g/mol. The lowest BCUT2D eigenvalue weighted by Gasteiger charge is -2.35. The van der Waals surface area contributed by atoms with Crippen LogP contribution in [0.3, 0.4) is 0 Å². The normalized spacial score (nSPS) is 15.6. The van der Waals surface area contributed by atoms with Crippen molar-refractivity contribution < 1.29 is 0 Å². The quantitative estimate of drug-likeness (QED) is 0.478. The highest BCUT2D eigenvalue weighted by Crippen LogP contribution is 2.18. The van der Waals surface area contributed by atoms with Crippen LogP contribution in [0.2, 0.25) is 0 Å². The highest BCUT2D eigenvalue weighted by atomic mass is 32.2. The van der Waals surface area contributed by atoms with E-state index in [4.69, 9.17) is 5.73 Å². The minimum Gasteiger partial charge on any atom is -0.370 e. The molecule has 0 radical (unpaired) electrons. The summed E-state index contributed by atoms with van der Waals surface area (Å²) in [6, 6.07) is 8.72. The summed E-state index contributed by atoms with van der Waals surface area (Å²) in [5.41, 5.74) is 8.83. The smallest absolute Gasteiger partial charge is 0.191 e. The molecule has 0 saturated carbocycles. The number of hydrogen-bond acceptors (Lipinski definition) is 5. The van der Waals surface area contributed by atoms with Crippen LogP contribution >= 0.6 is 23.1 Å². The Bertz CT molecular complexity index is 661. The number of aliphatic imine (C=N–C) groups is 1. The highest BCUT2D eigenvalue weighted by molar-refractivity contribution is 7.98. The molecule has 2 aromatic rings. The highest BCUT2D eigenvalue weighted by Gasteiger charge is 2.19. The molecule has 0 bridgehead atoms. The second-order valence-electron chi connectivity index (χ2n) is 6.07. The predicted octanol–water partition coefficient (Wildman–Crippen LogP) is 2.82. The lowest BCUT2D eigenvalue weighted by molar-refractivity contribution is 0.381. The Balaban J connectivity index is 1.35. The Morgan fingerprint density at radius 1 is 1.24 bits per heavy atom. The zero-order valence-electron chi connectivity index (χ0n) is 14.6. The number of piperazine rings is 1. The second-order valence-corrected chi connectivity index (χ2v) is 8.05. The number of rotatable bonds is 6. The summed E-state index contributed by atoms with van der Waals surface area (Å²) >= 11 is 3.59. The third kappa shape index (κ3) is 5.37. The van der Waals surface area contributed by atoms with Crippen molar-refractivity contribution in [1.82, 2.24) is 9.88 Å². The van der Waals surface area contributed by atoms with Gasteiger partial charge in [0.25, 0.3) is 0 Å². The molecule has 1 fully saturated rings. The molecule has 5 nitrogen and oxygen atoms in total. The average Bonchev–Trinajstić information content (AvgIpc) is 3.18. The molecule has 2 heterocycles. The zero-order valence-corrected chi connectivity index (χ0v) is 16.2. The van der Waals surface area contributed by atoms with Crippen molar-refractivity contribution >= 4 is 34.2 Å². The number of benzene rings is 1. The zero-order chi connectivity index (χ0) is 17.5. The first-order valence-electron chi connectivity index (χ1n) is 8.55. The first kappa shape index (κ1) is 18.1. The third-order valence-electron chi connectivity index (χ3n) is 4.19. The van der Waals surface area contributed by atoms with Crippen LogP contribution in [0, 0.1) is 6.92 Å². The molecule has 134 valence electrons. The Labute approximate surface area is 158 Å². The molecular formula is C18H25N5S2. The summed E-state index contributed by atoms with van der Waals surface area (Å²) < 4.78 is 0. The lowest BCUT2D eigenvalue weighted by atomic mass is 10.2. The van der Waals surface area contributed by atoms with Gasteiger partial charge >= 0.3 is 0 Å². The fourth-order valence-electron chi connectivity index (χ4n) is 2.70. The summed E-state index contributed by atoms with van der Waals surface area (Å²) in [6.45, 7) is 6.61. The van der Waals surface area contributed by atoms with Crippen LogP contribution in [-0.4, -0.2) is 54.3 Å². The Hall–Kier alpha value is -1.73. The summed E-state index contributed by atoms with van der Waals surface area (Å²) in [5, 5.41) is 3.12. The van der Waals surface area contributed by atoms with E-state index >= 15 is 0 Å². The van der Waals surface area contributed by atoms with E-state index < -0.39 is 0 Å². The van der Waals surface area contributed by atoms with Gasteiger partial charge in [-0.15, -0.1) is 11.3 Å². The number of guanidine groups is 1. The maximum Gasteiger partial charge on any atom is 0.191 e. The van der Waals surface area contributed by atoms with Crippen LogP contribution in [-0.2, 0) is 5.75 Å². The van der Waals surface area contributed by atoms with Gasteiger partial charge in [-0.25, -0.2) is 4.98 Å². The van der Waals surface area contributed by atoms with Crippen molar-refractivity contribution in [2.45, 2.75) is 12.7 Å². The van der Waals surface area contributed by atoms with Crippen molar-refractivity contribution in [3.05, 3.63) is 47.0 Å². The number of thiazole rings is 1. The van der Waals surface area contributed by atoms with Crippen molar-refractivity contribution in [3.63, 3.8) is 0 Å². The van der Waals surface area contributed by atoms with Crippen LogP contribution in [0.5, 0.6) is 0 Å². The Morgan fingerprint density at radius 3 is 2.68 bits per heavy atom. The van der Waals surface area contributed by atoms with Crippen molar-refractivity contribution in [3.8, 4) is 0 Å². The SMILES string of the molecule is Cc1ccc(CSCCN=C(N)N2CCN(c3nccs3)CC2)cc1. The first-order valence-corrected chi connectivity index (χ1v) is 10.6. The monoisotopic (exact) mass is 375 g/mol. The van der Waals surface area contributed by atoms with Gasteiger partial charge in [0.2, 0.25) is 0 Å². The van der Waals surface area contributed by atoms with Gasteiger partial charge in [-0.3, -0.25) is 4.99 Å². The number of nitrogens with zero attached hydrogens (tertiary/aromatic N) is 4. The molecule has 25 heavy (non-hydrogen) atoms. The summed E-state index contributed by atoms with van der Waals surface area (Å²) in [6.07, 6.45) is 1.86. The number of aromatic nitrogens is 1. The fraction of sp³-hybridized carbons (Fsp3) is 0.444. The average molecular weight is 376 g/mol. The molecule has 2 N–H and O–H groups in total. The van der Waals surface area contributed by atoms with E-state index in [1.807, 2.05) is 23.3 Å². The van der Waals surface area contributed by atoms with Crippen molar-refractivity contribution in [2.75, 3.05) is 43.4 Å². The van der Waals surface area contributed by atoms with E-state index in [-0.39, 0.29) is 0 Å². The van der Waals surface area contributed by atoms with E-state index in [1.54, 1.807) is 11.3 Å². The van der Waals surface area contributed by atoms with Gasteiger partial charge in [-0.2, -0.15) is 11.8 Å². The van der Waals surface area contributed by atoms with Gasteiger partial charge < -0.3 is 15.5 Å². The molecule has 0 aliphatic carbocycles. The standard InChI is InChI=1S/C18H25N5S2/c1-15-2-4-16(5-3-15)14-24-12-6-20-17(19)22-8-10-23(11-9-22)18-21-7-13-25-18/h2-5,7,13H,6,8-12,14H2,1H3,(H2,19,20). The molecule has 3 rings (SSSR count). The minimum atomic E-state index is 0.676. The first-order chi connectivity index (χ1) is 12.2. The van der Waals surface area contributed by atoms with Gasteiger partial charge in [0.15, 0.2) is 11.1 Å². The van der Waals surface area contributed by atoms with Gasteiger partial charge in [0.05, 0.1) is 6.54 Å². The van der Waals surface area contributed by atoms with Gasteiger partial charge in [0, 0.05) is 49.3 Å². The largest absolute Gasteiger partial charge is 0.370 e. The molecule has 1 aromatic heterocycles. The minimum absolute atomic E-state index is 0.676. The summed E-state index contributed by atoms with van der Waals surface area (Å²) in [7, 11) is 0. The Kier molecular flexibility index (Phi) is 6.58. The van der Waals surface area contributed by atoms with E-state index in [1.165, 1.54) is 11.1 Å². The van der Waals surface area contributed by atoms with Crippen molar-refractivity contribution in [1.29, 1.82) is 0 Å². The summed E-state index contributed by atoms with van der Waals surface area (Å²) in [5.74, 6) is 2.70. The predicted molar refractivity (Wildman–Crippen MR) is 110 cm³/mol. The molecule has 1 aromatic carbocycles. The van der Waals surface area contributed by atoms with E-state index in [2.05, 4.69) is 51.0 Å². The van der Waals surface area contributed by atoms with E-state index in [9.17, 15) is 0 Å². The molecule has 1 aliphatic rings. The molecule has 1 saturated heterocycles. The Morgan fingerprint density at radius 2 is 2.00 bits per heavy atom. The molecule has 1 aliphatic heterocycles. The van der Waals surface area contributed by atoms with Crippen molar-refractivity contribution in [2.24, 2.45) is 10.7 Å². The molecule has 7 heteroatoms. The third-order valence-corrected chi connectivity index (χ3v) is 6.03. The van der Waals surface area contributed by atoms with Crippen LogP contribution in [0.25, 0.3) is 0 Å². The summed E-state index contributed by atoms with van der Waals surface area (Å²) in [4.78, 5) is 13.4. The lowest BCUT2D eigenvalue weighted by Crippen LogP contribution is -2.51. The van der Waals surface area contributed by atoms with Gasteiger partial charge in [-0.1, -0.05) is 29.8 Å². The number of thioether (sulfide) groups is 1. The van der Waals surface area contributed by atoms with Crippen LogP contribution in [0.1, 0.15) is 11.1 Å². The topological polar surface area (TPSA) is 57.8 Å².